The van der Waals surface area contributed by atoms with Crippen LogP contribution in [-0.2, 0) is 16.0 Å². The van der Waals surface area contributed by atoms with Crippen LogP contribution in [0.1, 0.15) is 12.1 Å². The Morgan fingerprint density at radius 3 is 2.72 bits per heavy atom. The van der Waals surface area contributed by atoms with Crippen LogP contribution in [0, 0.1) is 22.7 Å². The Balaban J connectivity index is 2.64. The molecule has 0 saturated carbocycles. The Morgan fingerprint density at radius 2 is 2.17 bits per heavy atom. The first-order valence-corrected chi connectivity index (χ1v) is 6.09. The van der Waals surface area contributed by atoms with Crippen molar-refractivity contribution in [2.24, 2.45) is 0 Å². The van der Waals surface area contributed by atoms with Gasteiger partial charge in [0.25, 0.3) is 0 Å². The Hall–Kier alpha value is -2.12. The number of nitriles is 2. The number of carbonyl (C=O) groups excluding carboxylic acids is 1. The van der Waals surface area contributed by atoms with E-state index in [1.807, 2.05) is 17.5 Å². The molecule has 0 radical (unpaired) electrons. The summed E-state index contributed by atoms with van der Waals surface area (Å²) in [5.41, 5.74) is 0.765. The second-order valence-corrected chi connectivity index (χ2v) is 4.21. The average Bonchev–Trinajstić information content (AvgIpc) is 2.84. The maximum absolute atomic E-state index is 11.0. The van der Waals surface area contributed by atoms with E-state index in [4.69, 9.17) is 10.5 Å². The molecule has 1 rings (SSSR count). The molecule has 6 nitrogen and oxygen atoms in total. The minimum Gasteiger partial charge on any atom is -0.469 e. The van der Waals surface area contributed by atoms with Gasteiger partial charge in [-0.05, 0) is 0 Å². The minimum absolute atomic E-state index is 0.123. The lowest BCUT2D eigenvalue weighted by atomic mass is 10.2. The van der Waals surface area contributed by atoms with Crippen LogP contribution >= 0.6 is 11.3 Å². The van der Waals surface area contributed by atoms with Crippen molar-refractivity contribution in [1.82, 2.24) is 4.98 Å². The fraction of sp³-hybridized carbons (Fsp3) is 0.455. The van der Waals surface area contributed by atoms with E-state index in [0.29, 0.717) is 11.6 Å². The Morgan fingerprint density at radius 1 is 1.50 bits per heavy atom. The topological polar surface area (TPSA) is 90.0 Å². The summed E-state index contributed by atoms with van der Waals surface area (Å²) in [5, 5.41) is 19.8. The van der Waals surface area contributed by atoms with Crippen molar-refractivity contribution in [2.75, 3.05) is 25.1 Å². The van der Waals surface area contributed by atoms with Crippen molar-refractivity contribution >= 4 is 22.4 Å². The lowest BCUT2D eigenvalue weighted by Crippen LogP contribution is -2.23. The second kappa shape index (κ2) is 7.25. The summed E-state index contributed by atoms with van der Waals surface area (Å²) in [7, 11) is 1.34. The van der Waals surface area contributed by atoms with Gasteiger partial charge < -0.3 is 9.64 Å². The standard InChI is InChI=1S/C11H12N4O2S/c1-17-10(16)3-2-9-8-18-11(14-9)15(6-4-12)7-5-13/h8H,2-3,6-7H2,1H3. The normalized spacial score (nSPS) is 9.28. The number of esters is 1. The molecule has 1 heterocycles. The largest absolute Gasteiger partial charge is 0.469 e. The molecular weight excluding hydrogens is 252 g/mol. The SMILES string of the molecule is COC(=O)CCc1csc(N(CC#N)CC#N)n1. The van der Waals surface area contributed by atoms with Gasteiger partial charge in [-0.15, -0.1) is 11.3 Å². The van der Waals surface area contributed by atoms with Gasteiger partial charge in [0.2, 0.25) is 0 Å². The molecule has 1 aromatic rings. The summed E-state index contributed by atoms with van der Waals surface area (Å²) in [6, 6.07) is 3.97. The summed E-state index contributed by atoms with van der Waals surface area (Å²) in [5.74, 6) is -0.282. The molecule has 0 bridgehead atoms. The van der Waals surface area contributed by atoms with E-state index in [2.05, 4.69) is 9.72 Å². The summed E-state index contributed by atoms with van der Waals surface area (Å²) >= 11 is 1.36. The van der Waals surface area contributed by atoms with Crippen molar-refractivity contribution in [3.63, 3.8) is 0 Å². The number of aryl methyl sites for hydroxylation is 1. The highest BCUT2D eigenvalue weighted by atomic mass is 32.1. The van der Waals surface area contributed by atoms with Gasteiger partial charge >= 0.3 is 5.97 Å². The number of nitrogens with zero attached hydrogens (tertiary/aromatic N) is 4. The molecule has 0 saturated heterocycles. The monoisotopic (exact) mass is 264 g/mol. The second-order valence-electron chi connectivity index (χ2n) is 3.37. The van der Waals surface area contributed by atoms with E-state index in [1.165, 1.54) is 18.4 Å². The predicted octanol–water partition coefficient (Wildman–Crippen LogP) is 1.10. The highest BCUT2D eigenvalue weighted by Crippen LogP contribution is 2.20. The highest BCUT2D eigenvalue weighted by molar-refractivity contribution is 7.13. The first-order chi connectivity index (χ1) is 8.71. The molecule has 7 heteroatoms. The van der Waals surface area contributed by atoms with Crippen molar-refractivity contribution < 1.29 is 9.53 Å². The zero-order valence-corrected chi connectivity index (χ0v) is 10.7. The molecule has 0 amide bonds. The number of thiazole rings is 1. The molecular formula is C11H12N4O2S. The number of methoxy groups -OCH3 is 1. The smallest absolute Gasteiger partial charge is 0.305 e. The molecule has 18 heavy (non-hydrogen) atoms. The van der Waals surface area contributed by atoms with E-state index in [1.54, 1.807) is 4.90 Å². The molecule has 0 aliphatic rings. The van der Waals surface area contributed by atoms with Gasteiger partial charge in [0, 0.05) is 11.8 Å². The van der Waals surface area contributed by atoms with E-state index >= 15 is 0 Å². The summed E-state index contributed by atoms with van der Waals surface area (Å²) in [6.07, 6.45) is 0.770. The first-order valence-electron chi connectivity index (χ1n) is 5.21. The number of carbonyl (C=O) groups is 1. The number of aromatic nitrogens is 1. The fourth-order valence-electron chi connectivity index (χ4n) is 1.25. The van der Waals surface area contributed by atoms with E-state index < -0.39 is 0 Å². The first kappa shape index (κ1) is 13.9. The lowest BCUT2D eigenvalue weighted by molar-refractivity contribution is -0.140. The molecule has 0 aliphatic heterocycles. The van der Waals surface area contributed by atoms with Crippen LogP contribution in [0.25, 0.3) is 0 Å². The molecule has 0 aliphatic carbocycles. The molecule has 1 aromatic heterocycles. The number of anilines is 1. The van der Waals surface area contributed by atoms with Gasteiger partial charge in [-0.1, -0.05) is 0 Å². The van der Waals surface area contributed by atoms with Crippen LogP contribution in [0.4, 0.5) is 5.13 Å². The Labute approximate surface area is 109 Å². The molecule has 94 valence electrons. The lowest BCUT2D eigenvalue weighted by Gasteiger charge is -2.13. The van der Waals surface area contributed by atoms with Crippen LogP contribution in [0.3, 0.4) is 0 Å². The summed E-state index contributed by atoms with van der Waals surface area (Å²) < 4.78 is 4.54. The summed E-state index contributed by atoms with van der Waals surface area (Å²) in [6.45, 7) is 0.245. The summed E-state index contributed by atoms with van der Waals surface area (Å²) in [4.78, 5) is 16.9. The van der Waals surface area contributed by atoms with Crippen LogP contribution in [0.5, 0.6) is 0 Å². The molecule has 0 N–H and O–H groups in total. The zero-order chi connectivity index (χ0) is 13.4. The maximum atomic E-state index is 11.0. The van der Waals surface area contributed by atoms with Gasteiger partial charge in [0.1, 0.15) is 13.1 Å². The minimum atomic E-state index is -0.282. The van der Waals surface area contributed by atoms with E-state index in [-0.39, 0.29) is 25.5 Å². The van der Waals surface area contributed by atoms with Gasteiger partial charge in [-0.2, -0.15) is 10.5 Å². The molecule has 0 aromatic carbocycles. The highest BCUT2D eigenvalue weighted by Gasteiger charge is 2.11. The third kappa shape index (κ3) is 4.04. The Kier molecular flexibility index (Phi) is 5.62. The van der Waals surface area contributed by atoms with E-state index in [0.717, 1.165) is 5.69 Å². The fourth-order valence-corrected chi connectivity index (χ4v) is 2.11. The number of rotatable bonds is 6. The average molecular weight is 264 g/mol. The number of hydrogen-bond acceptors (Lipinski definition) is 7. The quantitative estimate of drug-likeness (QED) is 0.564. The van der Waals surface area contributed by atoms with Crippen molar-refractivity contribution in [3.8, 4) is 12.1 Å². The van der Waals surface area contributed by atoms with Crippen molar-refractivity contribution in [1.29, 1.82) is 10.5 Å². The number of ether oxygens (including phenoxy) is 1. The molecule has 0 fully saturated rings. The third-order valence-corrected chi connectivity index (χ3v) is 3.10. The van der Waals surface area contributed by atoms with Crippen LogP contribution in [0.2, 0.25) is 0 Å². The van der Waals surface area contributed by atoms with Crippen molar-refractivity contribution in [3.05, 3.63) is 11.1 Å². The van der Waals surface area contributed by atoms with Gasteiger partial charge in [0.15, 0.2) is 5.13 Å². The molecule has 0 unspecified atom stereocenters. The molecule has 0 spiro atoms. The zero-order valence-electron chi connectivity index (χ0n) is 9.92. The predicted molar refractivity (Wildman–Crippen MR) is 65.9 cm³/mol. The molecule has 0 atom stereocenters. The van der Waals surface area contributed by atoms with Crippen LogP contribution < -0.4 is 4.90 Å². The maximum Gasteiger partial charge on any atom is 0.305 e. The van der Waals surface area contributed by atoms with Gasteiger partial charge in [-0.3, -0.25) is 4.79 Å². The Bertz CT molecular complexity index is 470. The van der Waals surface area contributed by atoms with Crippen LogP contribution in [0.15, 0.2) is 5.38 Å². The van der Waals surface area contributed by atoms with Gasteiger partial charge in [-0.25, -0.2) is 4.98 Å². The van der Waals surface area contributed by atoms with E-state index in [9.17, 15) is 4.79 Å². The third-order valence-electron chi connectivity index (χ3n) is 2.15. The number of hydrogen-bond donors (Lipinski definition) is 0. The van der Waals surface area contributed by atoms with Gasteiger partial charge in [0.05, 0.1) is 31.4 Å². The van der Waals surface area contributed by atoms with Crippen LogP contribution in [-0.4, -0.2) is 31.2 Å². The van der Waals surface area contributed by atoms with Crippen molar-refractivity contribution in [2.45, 2.75) is 12.8 Å².